The Morgan fingerprint density at radius 1 is 1.29 bits per heavy atom. The average molecular weight is 396 g/mol. The van der Waals surface area contributed by atoms with E-state index in [-0.39, 0.29) is 18.2 Å². The first-order valence-electron chi connectivity index (χ1n) is 8.61. The molecule has 2 amide bonds. The number of thiazole rings is 1. The molecule has 28 heavy (non-hydrogen) atoms. The maximum Gasteiger partial charge on any atom is 0.358 e. The fraction of sp³-hybridized carbons (Fsp3) is 0.158. The van der Waals surface area contributed by atoms with Crippen LogP contribution in [-0.2, 0) is 9.59 Å². The van der Waals surface area contributed by atoms with Crippen LogP contribution in [0.1, 0.15) is 6.42 Å². The van der Waals surface area contributed by atoms with Gasteiger partial charge in [-0.25, -0.2) is 15.6 Å². The fourth-order valence-electron chi connectivity index (χ4n) is 2.83. The highest BCUT2D eigenvalue weighted by Crippen LogP contribution is 2.25. The molecule has 4 N–H and O–H groups in total. The third-order valence-corrected chi connectivity index (χ3v) is 5.10. The average Bonchev–Trinajstić information content (AvgIpc) is 3.09. The fourth-order valence-corrected chi connectivity index (χ4v) is 3.70. The molecular formula is C19H18N5O3S+. The Morgan fingerprint density at radius 2 is 2.14 bits per heavy atom. The number of hydrogen-bond donors (Lipinski definition) is 4. The van der Waals surface area contributed by atoms with Crippen molar-refractivity contribution >= 4 is 50.1 Å². The largest absolute Gasteiger partial charge is 0.497 e. The number of hydrogen-bond acceptors (Lipinski definition) is 6. The van der Waals surface area contributed by atoms with Gasteiger partial charge in [-0.2, -0.15) is 0 Å². The Kier molecular flexibility index (Phi) is 4.90. The van der Waals surface area contributed by atoms with Crippen LogP contribution in [-0.4, -0.2) is 35.9 Å². The van der Waals surface area contributed by atoms with Gasteiger partial charge in [-0.15, -0.1) is 0 Å². The third kappa shape index (κ3) is 3.94. The van der Waals surface area contributed by atoms with E-state index in [1.807, 2.05) is 24.3 Å². The van der Waals surface area contributed by atoms with Gasteiger partial charge in [0.2, 0.25) is 0 Å². The second kappa shape index (κ2) is 7.65. The molecule has 0 saturated heterocycles. The second-order valence-electron chi connectivity index (χ2n) is 6.16. The molecule has 1 atom stereocenters. The summed E-state index contributed by atoms with van der Waals surface area (Å²) >= 11 is 1.46. The van der Waals surface area contributed by atoms with Gasteiger partial charge in [0.25, 0.3) is 16.9 Å². The minimum absolute atomic E-state index is 0.0286. The van der Waals surface area contributed by atoms with Gasteiger partial charge in [0, 0.05) is 11.8 Å². The van der Waals surface area contributed by atoms with Crippen LogP contribution >= 0.6 is 11.3 Å². The van der Waals surface area contributed by atoms with Crippen LogP contribution < -0.4 is 25.7 Å². The summed E-state index contributed by atoms with van der Waals surface area (Å²) in [4.78, 5) is 32.2. The molecule has 1 aromatic heterocycles. The number of benzene rings is 2. The number of nitrogens with one attached hydrogen (secondary N) is 4. The molecule has 142 valence electrons. The highest BCUT2D eigenvalue weighted by Gasteiger charge is 2.31. The molecule has 0 radical (unpaired) electrons. The Morgan fingerprint density at radius 3 is 2.96 bits per heavy atom. The van der Waals surface area contributed by atoms with Gasteiger partial charge >= 0.3 is 5.96 Å². The molecule has 8 nitrogen and oxygen atoms in total. The van der Waals surface area contributed by atoms with Crippen LogP contribution in [0.15, 0.2) is 48.5 Å². The zero-order valence-corrected chi connectivity index (χ0v) is 15.8. The summed E-state index contributed by atoms with van der Waals surface area (Å²) in [5.74, 6) is 0.401. The number of guanidine groups is 1. The van der Waals surface area contributed by atoms with Crippen molar-refractivity contribution < 1.29 is 19.3 Å². The highest BCUT2D eigenvalue weighted by molar-refractivity contribution is 7.22. The molecular weight excluding hydrogens is 378 g/mol. The van der Waals surface area contributed by atoms with Crippen LogP contribution in [0.4, 0.5) is 10.8 Å². The lowest BCUT2D eigenvalue weighted by Crippen LogP contribution is -2.89. The van der Waals surface area contributed by atoms with Gasteiger partial charge in [-0.05, 0) is 24.3 Å². The van der Waals surface area contributed by atoms with E-state index in [0.717, 1.165) is 10.2 Å². The number of fused-ring (bicyclic) bond motifs is 1. The Bertz CT molecular complexity index is 1050. The number of rotatable bonds is 4. The van der Waals surface area contributed by atoms with E-state index >= 15 is 0 Å². The van der Waals surface area contributed by atoms with Crippen molar-refractivity contribution in [3.63, 3.8) is 0 Å². The number of aromatic nitrogens is 1. The van der Waals surface area contributed by atoms with E-state index in [1.165, 1.54) is 11.3 Å². The molecule has 0 fully saturated rings. The van der Waals surface area contributed by atoms with Crippen LogP contribution in [0.5, 0.6) is 5.75 Å². The maximum atomic E-state index is 12.6. The number of para-hydroxylation sites is 1. The molecule has 0 saturated carbocycles. The normalized spacial score (nSPS) is 16.2. The van der Waals surface area contributed by atoms with E-state index in [4.69, 9.17) is 4.74 Å². The van der Waals surface area contributed by atoms with Crippen LogP contribution in [0, 0.1) is 0 Å². The first-order valence-corrected chi connectivity index (χ1v) is 9.43. The topological polar surface area (TPSA) is 106 Å². The molecule has 2 aromatic carbocycles. The second-order valence-corrected chi connectivity index (χ2v) is 7.19. The molecule has 1 aliphatic rings. The summed E-state index contributed by atoms with van der Waals surface area (Å²) in [6.45, 7) is 0. The zero-order chi connectivity index (χ0) is 19.5. The highest BCUT2D eigenvalue weighted by atomic mass is 32.1. The molecule has 2 heterocycles. The van der Waals surface area contributed by atoms with Gasteiger partial charge in [0.1, 0.15) is 5.75 Å². The van der Waals surface area contributed by atoms with Gasteiger partial charge in [0.05, 0.1) is 23.7 Å². The number of nitrogens with zero attached hydrogens (tertiary/aromatic N) is 1. The Balaban J connectivity index is 1.50. The Hall–Kier alpha value is -3.46. The summed E-state index contributed by atoms with van der Waals surface area (Å²) in [5, 5.41) is 9.17. The van der Waals surface area contributed by atoms with E-state index in [9.17, 15) is 9.59 Å². The minimum atomic E-state index is -0.711. The molecule has 0 aliphatic carbocycles. The van der Waals surface area contributed by atoms with E-state index in [0.29, 0.717) is 22.5 Å². The van der Waals surface area contributed by atoms with Crippen molar-refractivity contribution in [2.24, 2.45) is 0 Å². The molecule has 9 heteroatoms. The summed E-state index contributed by atoms with van der Waals surface area (Å²) < 4.78 is 6.18. The third-order valence-electron chi connectivity index (χ3n) is 4.15. The molecule has 1 aliphatic heterocycles. The lowest BCUT2D eigenvalue weighted by molar-refractivity contribution is -0.490. The molecule has 3 aromatic rings. The predicted octanol–water partition coefficient (Wildman–Crippen LogP) is 0.681. The first kappa shape index (κ1) is 17.9. The van der Waals surface area contributed by atoms with Crippen LogP contribution in [0.3, 0.4) is 0 Å². The molecule has 0 bridgehead atoms. The predicted molar refractivity (Wildman–Crippen MR) is 107 cm³/mol. The van der Waals surface area contributed by atoms with E-state index < -0.39 is 6.04 Å². The molecule has 4 rings (SSSR count). The van der Waals surface area contributed by atoms with Gasteiger partial charge in [0.15, 0.2) is 6.04 Å². The van der Waals surface area contributed by atoms with E-state index in [1.54, 1.807) is 31.4 Å². The molecule has 0 spiro atoms. The molecule has 0 unspecified atom stereocenters. The van der Waals surface area contributed by atoms with Crippen LogP contribution in [0.2, 0.25) is 0 Å². The van der Waals surface area contributed by atoms with Gasteiger partial charge < -0.3 is 10.1 Å². The smallest absolute Gasteiger partial charge is 0.358 e. The number of amides is 2. The number of anilines is 2. The van der Waals surface area contributed by atoms with Crippen LogP contribution in [0.25, 0.3) is 10.2 Å². The van der Waals surface area contributed by atoms with E-state index in [2.05, 4.69) is 25.9 Å². The Labute approximate surface area is 164 Å². The quantitative estimate of drug-likeness (QED) is 0.519. The summed E-state index contributed by atoms with van der Waals surface area (Å²) in [6, 6.07) is 14.1. The number of carbonyl (C=O) groups excluding carboxylic acids is 2. The van der Waals surface area contributed by atoms with Crippen molar-refractivity contribution in [1.82, 2.24) is 10.3 Å². The van der Waals surface area contributed by atoms with Crippen molar-refractivity contribution in [2.45, 2.75) is 12.5 Å². The van der Waals surface area contributed by atoms with Gasteiger partial charge in [-0.3, -0.25) is 14.6 Å². The summed E-state index contributed by atoms with van der Waals surface area (Å²) in [5.41, 5.74) is 1.46. The number of ether oxygens (including phenoxy) is 1. The van der Waals surface area contributed by atoms with Crippen molar-refractivity contribution in [3.8, 4) is 5.75 Å². The zero-order valence-electron chi connectivity index (χ0n) is 15.0. The standard InChI is InChI=1S/C19H17N5O3S/c1-27-12-6-4-5-11(9-12)20-17(26)14-10-16(25)23-18(21-14)24-19-22-13-7-2-3-8-15(13)28-19/h2-9,14H,10H2,1H3,(H,20,26)(H2,21,22,23,24,25)/p+1/t14-/m0/s1. The van der Waals surface area contributed by atoms with Crippen molar-refractivity contribution in [1.29, 1.82) is 0 Å². The van der Waals surface area contributed by atoms with Crippen molar-refractivity contribution in [2.75, 3.05) is 17.7 Å². The number of methoxy groups -OCH3 is 1. The summed E-state index contributed by atoms with van der Waals surface area (Å²) in [7, 11) is 1.56. The summed E-state index contributed by atoms with van der Waals surface area (Å²) in [6.07, 6.45) is 0.0286. The maximum absolute atomic E-state index is 12.6. The van der Waals surface area contributed by atoms with Gasteiger partial charge in [-0.1, -0.05) is 29.5 Å². The lowest BCUT2D eigenvalue weighted by Gasteiger charge is -2.16. The minimum Gasteiger partial charge on any atom is -0.497 e. The monoisotopic (exact) mass is 396 g/mol. The SMILES string of the molecule is COc1cccc(NC(=O)[C@@H]2CC(=O)NC(Nc3nc4ccccc4s3)=[NH+]2)c1. The lowest BCUT2D eigenvalue weighted by atomic mass is 10.1. The number of carbonyl (C=O) groups is 2. The van der Waals surface area contributed by atoms with Crippen molar-refractivity contribution in [3.05, 3.63) is 48.5 Å². The first-order chi connectivity index (χ1) is 13.6.